The monoisotopic (exact) mass is 512 g/mol. The Morgan fingerprint density at radius 2 is 1.76 bits per heavy atom. The first-order valence-electron chi connectivity index (χ1n) is 12.5. The van der Waals surface area contributed by atoms with E-state index in [1.54, 1.807) is 14.2 Å². The maximum atomic E-state index is 5.95. The summed E-state index contributed by atoms with van der Waals surface area (Å²) in [6.07, 6.45) is 2.84. The number of methoxy groups -OCH3 is 2. The summed E-state index contributed by atoms with van der Waals surface area (Å²) in [4.78, 5) is 6.84. The molecule has 6 nitrogen and oxygen atoms in total. The second-order valence-electron chi connectivity index (χ2n) is 9.22. The summed E-state index contributed by atoms with van der Waals surface area (Å²) < 4.78 is 13.7. The van der Waals surface area contributed by atoms with Gasteiger partial charge in [-0.15, -0.1) is 0 Å². The number of hydrogen-bond acceptors (Lipinski definition) is 4. The van der Waals surface area contributed by atoms with Gasteiger partial charge in [0.1, 0.15) is 11.5 Å². The van der Waals surface area contributed by atoms with Gasteiger partial charge in [0.15, 0.2) is 5.11 Å². The molecule has 0 unspecified atom stereocenters. The van der Waals surface area contributed by atoms with Gasteiger partial charge in [-0.3, -0.25) is 4.98 Å². The van der Waals surface area contributed by atoms with Crippen molar-refractivity contribution in [1.29, 1.82) is 0 Å². The Balaban J connectivity index is 1.69. The van der Waals surface area contributed by atoms with Crippen molar-refractivity contribution in [1.82, 2.24) is 14.9 Å². The van der Waals surface area contributed by atoms with Gasteiger partial charge in [-0.05, 0) is 86.1 Å². The summed E-state index contributed by atoms with van der Waals surface area (Å²) in [6, 6.07) is 22.5. The van der Waals surface area contributed by atoms with Crippen LogP contribution in [-0.4, -0.2) is 28.9 Å². The van der Waals surface area contributed by atoms with Gasteiger partial charge in [0, 0.05) is 29.3 Å². The average molecular weight is 513 g/mol. The molecule has 3 heterocycles. The largest absolute Gasteiger partial charge is 0.497 e. The molecule has 2 aromatic carbocycles. The molecule has 4 aromatic rings. The van der Waals surface area contributed by atoms with Crippen LogP contribution in [0.15, 0.2) is 72.9 Å². The second-order valence-corrected chi connectivity index (χ2v) is 9.60. The Morgan fingerprint density at radius 3 is 2.41 bits per heavy atom. The number of benzene rings is 2. The molecular formula is C30H32N4O2S. The molecule has 1 aliphatic heterocycles. The molecule has 0 radical (unpaired) electrons. The van der Waals surface area contributed by atoms with E-state index in [1.165, 1.54) is 11.1 Å². The number of thiocarbonyl (C=S) groups is 1. The number of ether oxygens (including phenoxy) is 2. The number of aromatic nitrogens is 2. The van der Waals surface area contributed by atoms with Crippen LogP contribution in [0.1, 0.15) is 47.2 Å². The average Bonchev–Trinajstić information content (AvgIpc) is 3.43. The first kappa shape index (κ1) is 24.8. The molecule has 1 aliphatic rings. The molecule has 0 spiro atoms. The van der Waals surface area contributed by atoms with Crippen molar-refractivity contribution in [3.63, 3.8) is 0 Å². The standard InChI is InChI=1S/C30H32N4O2S/c1-6-21-10-12-22(13-11-21)33-19(2)17-24(20(33)3)29-28(25-9-7-8-16-31-25)32-30(37)34(29)26-18-23(35-4)14-15-27(26)36-5/h7-18,28-29H,6H2,1-5H3,(H,32,37)/t28-,29-/m1/s1. The zero-order valence-corrected chi connectivity index (χ0v) is 22.7. The molecule has 0 amide bonds. The summed E-state index contributed by atoms with van der Waals surface area (Å²) in [5.74, 6) is 1.46. The zero-order valence-electron chi connectivity index (χ0n) is 21.9. The van der Waals surface area contributed by atoms with E-state index in [-0.39, 0.29) is 12.1 Å². The topological polar surface area (TPSA) is 51.6 Å². The Hall–Kier alpha value is -3.84. The third-order valence-electron chi connectivity index (χ3n) is 7.14. The fraction of sp³-hybridized carbons (Fsp3) is 0.267. The highest BCUT2D eigenvalue weighted by Crippen LogP contribution is 2.47. The molecule has 190 valence electrons. The lowest BCUT2D eigenvalue weighted by Gasteiger charge is -2.29. The number of nitrogens with one attached hydrogen (secondary N) is 1. The third-order valence-corrected chi connectivity index (χ3v) is 7.45. The van der Waals surface area contributed by atoms with Crippen molar-refractivity contribution in [3.05, 3.63) is 101 Å². The highest BCUT2D eigenvalue weighted by molar-refractivity contribution is 7.80. The second kappa shape index (κ2) is 10.3. The third kappa shape index (κ3) is 4.44. The molecule has 1 saturated heterocycles. The molecule has 37 heavy (non-hydrogen) atoms. The molecule has 2 atom stereocenters. The SMILES string of the molecule is CCc1ccc(-n2c(C)cc([C@@H]3[C@@H](c4ccccn4)NC(=S)N3c3cc(OC)ccc3OC)c2C)cc1. The molecule has 2 aromatic heterocycles. The van der Waals surface area contributed by atoms with Crippen molar-refractivity contribution in [2.75, 3.05) is 19.1 Å². The summed E-state index contributed by atoms with van der Waals surface area (Å²) in [6.45, 7) is 6.50. The van der Waals surface area contributed by atoms with Crippen LogP contribution in [0.5, 0.6) is 11.5 Å². The highest BCUT2D eigenvalue weighted by atomic mass is 32.1. The van der Waals surface area contributed by atoms with Crippen LogP contribution in [0, 0.1) is 13.8 Å². The molecule has 0 bridgehead atoms. The molecule has 1 fully saturated rings. The number of nitrogens with zero attached hydrogens (tertiary/aromatic N) is 3. The Morgan fingerprint density at radius 1 is 0.973 bits per heavy atom. The maximum absolute atomic E-state index is 5.95. The summed E-state index contributed by atoms with van der Waals surface area (Å²) >= 11 is 5.95. The van der Waals surface area contributed by atoms with Gasteiger partial charge in [-0.2, -0.15) is 0 Å². The van der Waals surface area contributed by atoms with Crippen LogP contribution in [0.2, 0.25) is 0 Å². The number of rotatable bonds is 7. The van der Waals surface area contributed by atoms with Crippen molar-refractivity contribution in [2.24, 2.45) is 0 Å². The summed E-state index contributed by atoms with van der Waals surface area (Å²) in [5, 5.41) is 4.17. The van der Waals surface area contributed by atoms with E-state index in [0.29, 0.717) is 5.11 Å². The fourth-order valence-electron chi connectivity index (χ4n) is 5.28. The lowest BCUT2D eigenvalue weighted by Crippen LogP contribution is -2.30. The summed E-state index contributed by atoms with van der Waals surface area (Å²) in [7, 11) is 3.34. The highest BCUT2D eigenvalue weighted by Gasteiger charge is 2.43. The van der Waals surface area contributed by atoms with E-state index in [0.717, 1.165) is 46.4 Å². The molecule has 1 N–H and O–H groups in total. The van der Waals surface area contributed by atoms with Gasteiger partial charge in [-0.1, -0.05) is 25.1 Å². The molecule has 5 rings (SSSR count). The predicted molar refractivity (Wildman–Crippen MR) is 152 cm³/mol. The van der Waals surface area contributed by atoms with E-state index < -0.39 is 0 Å². The lowest BCUT2D eigenvalue weighted by atomic mass is 9.96. The van der Waals surface area contributed by atoms with E-state index in [9.17, 15) is 0 Å². The Kier molecular flexibility index (Phi) is 6.89. The van der Waals surface area contributed by atoms with Gasteiger partial charge < -0.3 is 24.3 Å². The maximum Gasteiger partial charge on any atom is 0.174 e. The lowest BCUT2D eigenvalue weighted by molar-refractivity contribution is 0.403. The van der Waals surface area contributed by atoms with Crippen molar-refractivity contribution in [2.45, 2.75) is 39.3 Å². The first-order valence-corrected chi connectivity index (χ1v) is 12.9. The van der Waals surface area contributed by atoms with Crippen molar-refractivity contribution < 1.29 is 9.47 Å². The van der Waals surface area contributed by atoms with E-state index in [4.69, 9.17) is 26.7 Å². The normalized spacial score (nSPS) is 17.1. The van der Waals surface area contributed by atoms with Crippen molar-refractivity contribution in [3.8, 4) is 17.2 Å². The summed E-state index contributed by atoms with van der Waals surface area (Å²) in [5.41, 5.74) is 7.73. The molecule has 0 aliphatic carbocycles. The van der Waals surface area contributed by atoms with Gasteiger partial charge >= 0.3 is 0 Å². The smallest absolute Gasteiger partial charge is 0.174 e. The van der Waals surface area contributed by atoms with Gasteiger partial charge in [0.05, 0.1) is 37.7 Å². The predicted octanol–water partition coefficient (Wildman–Crippen LogP) is 6.25. The van der Waals surface area contributed by atoms with Crippen LogP contribution in [0.3, 0.4) is 0 Å². The van der Waals surface area contributed by atoms with Crippen LogP contribution in [-0.2, 0) is 6.42 Å². The minimum absolute atomic E-state index is 0.152. The quantitative estimate of drug-likeness (QED) is 0.296. The van der Waals surface area contributed by atoms with Gasteiger partial charge in [0.25, 0.3) is 0 Å². The molecule has 0 saturated carbocycles. The minimum atomic E-state index is -0.154. The number of aryl methyl sites for hydroxylation is 2. The van der Waals surface area contributed by atoms with Gasteiger partial charge in [-0.25, -0.2) is 0 Å². The Labute approximate surface area is 223 Å². The van der Waals surface area contributed by atoms with E-state index >= 15 is 0 Å². The van der Waals surface area contributed by atoms with Gasteiger partial charge in [0.2, 0.25) is 0 Å². The van der Waals surface area contributed by atoms with Crippen LogP contribution in [0.4, 0.5) is 5.69 Å². The minimum Gasteiger partial charge on any atom is -0.497 e. The molecular weight excluding hydrogens is 480 g/mol. The van der Waals surface area contributed by atoms with Crippen LogP contribution < -0.4 is 19.7 Å². The first-order chi connectivity index (χ1) is 18.0. The molecule has 7 heteroatoms. The van der Waals surface area contributed by atoms with Crippen LogP contribution >= 0.6 is 12.2 Å². The number of pyridine rings is 1. The van der Waals surface area contributed by atoms with Crippen LogP contribution in [0.25, 0.3) is 5.69 Å². The van der Waals surface area contributed by atoms with Crippen molar-refractivity contribution >= 4 is 23.0 Å². The fourth-order valence-corrected chi connectivity index (χ4v) is 5.62. The number of hydrogen-bond donors (Lipinski definition) is 1. The van der Waals surface area contributed by atoms with E-state index in [2.05, 4.69) is 65.9 Å². The Bertz CT molecular complexity index is 1420. The number of anilines is 1. The zero-order chi connectivity index (χ0) is 26.1. The van der Waals surface area contributed by atoms with E-state index in [1.807, 2.05) is 42.6 Å².